The third-order valence-corrected chi connectivity index (χ3v) is 7.20. The van der Waals surface area contributed by atoms with Crippen molar-refractivity contribution in [2.75, 3.05) is 5.32 Å². The number of halogens is 3. The molecule has 9 nitrogen and oxygen atoms in total. The third-order valence-electron chi connectivity index (χ3n) is 7.20. The van der Waals surface area contributed by atoms with Crippen LogP contribution in [0.1, 0.15) is 78.2 Å². The van der Waals surface area contributed by atoms with E-state index in [-0.39, 0.29) is 47.9 Å². The fourth-order valence-corrected chi connectivity index (χ4v) is 5.56. The van der Waals surface area contributed by atoms with Crippen LogP contribution in [0.2, 0.25) is 0 Å². The van der Waals surface area contributed by atoms with Crippen molar-refractivity contribution in [3.8, 4) is 5.75 Å². The van der Waals surface area contributed by atoms with Crippen molar-refractivity contribution in [3.63, 3.8) is 0 Å². The predicted molar refractivity (Wildman–Crippen MR) is 130 cm³/mol. The first-order valence-electron chi connectivity index (χ1n) is 12.3. The number of hydrogen-bond acceptors (Lipinski definition) is 6. The number of tetrazole rings is 1. The molecule has 2 atom stereocenters. The second-order valence-corrected chi connectivity index (χ2v) is 10.7. The van der Waals surface area contributed by atoms with Crippen LogP contribution in [0.25, 0.3) is 0 Å². The highest BCUT2D eigenvalue weighted by Crippen LogP contribution is 2.54. The molecule has 0 fully saturated rings. The van der Waals surface area contributed by atoms with Crippen LogP contribution >= 0.6 is 0 Å². The fraction of sp³-hybridized carbons (Fsp3) is 0.423. The first-order valence-corrected chi connectivity index (χ1v) is 12.3. The number of alkyl halides is 3. The van der Waals surface area contributed by atoms with Crippen molar-refractivity contribution >= 4 is 17.8 Å². The summed E-state index contributed by atoms with van der Waals surface area (Å²) in [6.07, 6.45) is -3.46. The second-order valence-electron chi connectivity index (χ2n) is 10.7. The van der Waals surface area contributed by atoms with Crippen molar-refractivity contribution in [2.45, 2.75) is 64.9 Å². The number of hydrogen-bond donors (Lipinski definition) is 2. The monoisotopic (exact) mass is 528 g/mol. The van der Waals surface area contributed by atoms with Gasteiger partial charge < -0.3 is 9.64 Å². The van der Waals surface area contributed by atoms with Crippen molar-refractivity contribution in [1.29, 1.82) is 0 Å². The number of amides is 2. The molecule has 2 N–H and O–H groups in total. The number of carbonyl (C=O) groups is 2. The minimum absolute atomic E-state index is 0.0483. The number of aromatic nitrogens is 4. The van der Waals surface area contributed by atoms with Gasteiger partial charge in [0.25, 0.3) is 11.9 Å². The van der Waals surface area contributed by atoms with Gasteiger partial charge in [0.2, 0.25) is 5.91 Å². The summed E-state index contributed by atoms with van der Waals surface area (Å²) >= 11 is 0. The lowest BCUT2D eigenvalue weighted by atomic mass is 9.66. The Morgan fingerprint density at radius 2 is 1.84 bits per heavy atom. The molecule has 3 aromatic rings. The Labute approximate surface area is 216 Å². The van der Waals surface area contributed by atoms with Gasteiger partial charge in [-0.1, -0.05) is 44.1 Å². The van der Waals surface area contributed by atoms with Crippen LogP contribution in [0.4, 0.5) is 19.1 Å². The molecule has 200 valence electrons. The molecular weight excluding hydrogens is 501 g/mol. The van der Waals surface area contributed by atoms with Crippen molar-refractivity contribution < 1.29 is 27.5 Å². The first kappa shape index (κ1) is 25.7. The molecule has 2 heterocycles. The summed E-state index contributed by atoms with van der Waals surface area (Å²) in [5.41, 5.74) is 2.94. The van der Waals surface area contributed by atoms with Gasteiger partial charge in [0, 0.05) is 17.7 Å². The average molecular weight is 529 g/mol. The minimum atomic E-state index is -4.82. The zero-order chi connectivity index (χ0) is 27.2. The van der Waals surface area contributed by atoms with Gasteiger partial charge in [0.15, 0.2) is 0 Å². The van der Waals surface area contributed by atoms with Gasteiger partial charge in [-0.3, -0.25) is 14.9 Å². The van der Waals surface area contributed by atoms with E-state index in [1.165, 1.54) is 6.07 Å². The maximum absolute atomic E-state index is 13.3. The molecule has 2 unspecified atom stereocenters. The molecule has 5 rings (SSSR count). The number of nitrogens with one attached hydrogen (secondary N) is 2. The molecule has 1 aliphatic carbocycles. The van der Waals surface area contributed by atoms with Crippen LogP contribution in [0, 0.1) is 5.41 Å². The highest BCUT2D eigenvalue weighted by Gasteiger charge is 2.45. The zero-order valence-corrected chi connectivity index (χ0v) is 21.1. The van der Waals surface area contributed by atoms with Crippen molar-refractivity contribution in [3.05, 3.63) is 64.2 Å². The Balaban J connectivity index is 1.44. The van der Waals surface area contributed by atoms with Crippen LogP contribution in [-0.2, 0) is 17.8 Å². The molecule has 1 aliphatic heterocycles. The lowest BCUT2D eigenvalue weighted by Crippen LogP contribution is -2.43. The Morgan fingerprint density at radius 3 is 2.47 bits per heavy atom. The molecule has 1 aromatic heterocycles. The summed E-state index contributed by atoms with van der Waals surface area (Å²) < 4.78 is 44.5. The normalized spacial score (nSPS) is 19.2. The quantitative estimate of drug-likeness (QED) is 0.487. The number of anilines is 1. The van der Waals surface area contributed by atoms with Crippen LogP contribution < -0.4 is 10.1 Å². The molecule has 0 spiro atoms. The lowest BCUT2D eigenvalue weighted by molar-refractivity contribution is -0.275. The van der Waals surface area contributed by atoms with E-state index >= 15 is 0 Å². The van der Waals surface area contributed by atoms with E-state index in [0.29, 0.717) is 24.0 Å². The Kier molecular flexibility index (Phi) is 6.36. The molecule has 0 radical (unpaired) electrons. The number of nitrogens with zero attached hydrogens (tertiary/aromatic N) is 4. The first-order chi connectivity index (χ1) is 17.9. The number of benzene rings is 2. The van der Waals surface area contributed by atoms with Crippen LogP contribution in [-0.4, -0.2) is 43.7 Å². The zero-order valence-electron chi connectivity index (χ0n) is 21.1. The number of aromatic amines is 1. The SMILES string of the molecule is CC(C)(C)C1CCC2c3c(ccc(OC(F)(F)F)c31)CC(=O)N2Cc1ccc(C(=O)Nc2nn[nH]n2)cc1. The van der Waals surface area contributed by atoms with Gasteiger partial charge in [-0.25, -0.2) is 0 Å². The lowest BCUT2D eigenvalue weighted by Gasteiger charge is -2.46. The largest absolute Gasteiger partial charge is 0.573 e. The van der Waals surface area contributed by atoms with Crippen LogP contribution in [0.5, 0.6) is 5.75 Å². The van der Waals surface area contributed by atoms with Crippen LogP contribution in [0.3, 0.4) is 0 Å². The summed E-state index contributed by atoms with van der Waals surface area (Å²) in [7, 11) is 0. The summed E-state index contributed by atoms with van der Waals surface area (Å²) in [5, 5.41) is 15.5. The maximum Gasteiger partial charge on any atom is 0.573 e. The van der Waals surface area contributed by atoms with Gasteiger partial charge in [0.05, 0.1) is 12.5 Å². The minimum Gasteiger partial charge on any atom is -0.405 e. The Bertz CT molecular complexity index is 1350. The average Bonchev–Trinajstić information content (AvgIpc) is 3.35. The van der Waals surface area contributed by atoms with Crippen molar-refractivity contribution in [1.82, 2.24) is 25.5 Å². The number of rotatable bonds is 5. The fourth-order valence-electron chi connectivity index (χ4n) is 5.56. The summed E-state index contributed by atoms with van der Waals surface area (Å²) in [5.74, 6) is -0.799. The molecule has 0 saturated heterocycles. The topological polar surface area (TPSA) is 113 Å². The highest BCUT2D eigenvalue weighted by molar-refractivity contribution is 6.03. The van der Waals surface area contributed by atoms with E-state index in [9.17, 15) is 22.8 Å². The smallest absolute Gasteiger partial charge is 0.405 e. The summed E-state index contributed by atoms with van der Waals surface area (Å²) in [6, 6.07) is 9.33. The van der Waals surface area contributed by atoms with Gasteiger partial charge in [-0.15, -0.1) is 18.3 Å². The number of carbonyl (C=O) groups excluding carboxylic acids is 2. The van der Waals surface area contributed by atoms with E-state index in [4.69, 9.17) is 0 Å². The van der Waals surface area contributed by atoms with Gasteiger partial charge in [-0.05, 0) is 64.3 Å². The molecule has 12 heteroatoms. The van der Waals surface area contributed by atoms with E-state index in [1.54, 1.807) is 35.2 Å². The Morgan fingerprint density at radius 1 is 1.11 bits per heavy atom. The summed E-state index contributed by atoms with van der Waals surface area (Å²) in [4.78, 5) is 27.4. The maximum atomic E-state index is 13.3. The van der Waals surface area contributed by atoms with E-state index in [2.05, 4.69) is 30.7 Å². The third kappa shape index (κ3) is 5.07. The van der Waals surface area contributed by atoms with Gasteiger partial charge in [-0.2, -0.15) is 5.21 Å². The molecule has 2 aliphatic rings. The number of H-pyrrole nitrogens is 1. The van der Waals surface area contributed by atoms with Crippen LogP contribution in [0.15, 0.2) is 36.4 Å². The van der Waals surface area contributed by atoms with Gasteiger partial charge >= 0.3 is 6.36 Å². The van der Waals surface area contributed by atoms with Gasteiger partial charge in [0.1, 0.15) is 5.75 Å². The predicted octanol–water partition coefficient (Wildman–Crippen LogP) is 4.90. The molecule has 38 heavy (non-hydrogen) atoms. The highest BCUT2D eigenvalue weighted by atomic mass is 19.4. The standard InChI is InChI=1S/C26H27F3N6O3/c1-25(2,3)17-9-10-18-21-16(8-11-19(22(17)21)38-26(27,28)29)12-20(36)35(18)13-14-4-6-15(7-5-14)23(37)30-24-31-33-34-32-24/h4-8,11,17-18H,9-10,12-13H2,1-3H3,(H2,30,31,32,33,34,37). The second kappa shape index (κ2) is 9.41. The summed E-state index contributed by atoms with van der Waals surface area (Å²) in [6.45, 7) is 6.30. The van der Waals surface area contributed by atoms with E-state index < -0.39 is 12.3 Å². The van der Waals surface area contributed by atoms with Crippen molar-refractivity contribution in [2.24, 2.45) is 5.41 Å². The molecule has 2 amide bonds. The number of ether oxygens (including phenoxy) is 1. The molecule has 2 aromatic carbocycles. The Hall–Kier alpha value is -3.96. The molecule has 0 bridgehead atoms. The van der Waals surface area contributed by atoms with E-state index in [0.717, 1.165) is 16.7 Å². The molecular formula is C26H27F3N6O3. The van der Waals surface area contributed by atoms with E-state index in [1.807, 2.05) is 20.8 Å². The molecule has 0 saturated carbocycles.